The van der Waals surface area contributed by atoms with Gasteiger partial charge < -0.3 is 15.7 Å². The lowest BCUT2D eigenvalue weighted by molar-refractivity contribution is -0.125. The van der Waals surface area contributed by atoms with Gasteiger partial charge in [-0.1, -0.05) is 78.9 Å². The number of aliphatic hydroxyl groups is 1. The third-order valence-electron chi connectivity index (χ3n) is 8.14. The Morgan fingerprint density at radius 1 is 0.854 bits per heavy atom. The number of anilines is 1. The number of hydrogen-bond donors (Lipinski definition) is 2. The maximum absolute atomic E-state index is 14.3. The lowest BCUT2D eigenvalue weighted by Crippen LogP contribution is -2.50. The lowest BCUT2D eigenvalue weighted by atomic mass is 9.93. The minimum absolute atomic E-state index is 0.105. The van der Waals surface area contributed by atoms with Crippen molar-refractivity contribution in [2.75, 3.05) is 24.5 Å². The van der Waals surface area contributed by atoms with Gasteiger partial charge in [-0.3, -0.25) is 14.5 Å². The second-order valence-corrected chi connectivity index (χ2v) is 11.4. The summed E-state index contributed by atoms with van der Waals surface area (Å²) in [4.78, 5) is 30.3. The first-order chi connectivity index (χ1) is 20.0. The normalized spacial score (nSPS) is 17.0. The summed E-state index contributed by atoms with van der Waals surface area (Å²) in [5.41, 5.74) is 8.94. The molecule has 4 rings (SSSR count). The molecule has 3 N–H and O–H groups in total. The van der Waals surface area contributed by atoms with Crippen molar-refractivity contribution in [3.8, 4) is 0 Å². The van der Waals surface area contributed by atoms with Crippen molar-refractivity contribution in [2.45, 2.75) is 69.9 Å². The van der Waals surface area contributed by atoms with E-state index in [1.807, 2.05) is 71.6 Å². The Labute approximate surface area is 245 Å². The molecule has 3 atom stereocenters. The zero-order valence-corrected chi connectivity index (χ0v) is 24.1. The highest BCUT2D eigenvalue weighted by Gasteiger charge is 2.34. The Morgan fingerprint density at radius 2 is 1.46 bits per heavy atom. The minimum Gasteiger partial charge on any atom is -0.392 e. The summed E-state index contributed by atoms with van der Waals surface area (Å²) in [5.74, 6) is -0.392. The number of para-hydroxylation sites is 1. The third-order valence-corrected chi connectivity index (χ3v) is 8.14. The van der Waals surface area contributed by atoms with Gasteiger partial charge in [0.1, 0.15) is 0 Å². The van der Waals surface area contributed by atoms with Crippen LogP contribution in [-0.4, -0.2) is 53.6 Å². The predicted molar refractivity (Wildman–Crippen MR) is 165 cm³/mol. The Kier molecular flexibility index (Phi) is 12.0. The molecule has 41 heavy (non-hydrogen) atoms. The number of nitrogens with two attached hydrogens (primary N) is 1. The molecular formula is C35H45N3O3. The topological polar surface area (TPSA) is 86.9 Å². The zero-order chi connectivity index (χ0) is 28.9. The fourth-order valence-corrected chi connectivity index (χ4v) is 5.99. The van der Waals surface area contributed by atoms with Crippen molar-refractivity contribution in [2.24, 2.45) is 11.7 Å². The third kappa shape index (κ3) is 9.83. The summed E-state index contributed by atoms with van der Waals surface area (Å²) >= 11 is 0. The molecule has 0 saturated carbocycles. The van der Waals surface area contributed by atoms with Crippen molar-refractivity contribution in [1.82, 2.24) is 4.90 Å². The van der Waals surface area contributed by atoms with Crippen LogP contribution in [0.4, 0.5) is 5.69 Å². The Bertz CT molecular complexity index is 1190. The molecular weight excluding hydrogens is 510 g/mol. The highest BCUT2D eigenvalue weighted by Crippen LogP contribution is 2.28. The quantitative estimate of drug-likeness (QED) is 0.264. The number of β-amino-alcohol motifs (C(OH)–C–C–N with tert-alkyl or cyclic N) is 1. The second kappa shape index (κ2) is 16.1. The molecule has 1 heterocycles. The van der Waals surface area contributed by atoms with E-state index < -0.39 is 6.10 Å². The van der Waals surface area contributed by atoms with E-state index in [2.05, 4.69) is 29.2 Å². The summed E-state index contributed by atoms with van der Waals surface area (Å²) in [6, 6.07) is 30.3. The number of primary amides is 1. The van der Waals surface area contributed by atoms with Gasteiger partial charge in [-0.05, 0) is 81.2 Å². The van der Waals surface area contributed by atoms with Crippen molar-refractivity contribution in [3.05, 3.63) is 102 Å². The molecule has 0 bridgehead atoms. The molecule has 218 valence electrons. The van der Waals surface area contributed by atoms with Gasteiger partial charge in [0.05, 0.1) is 12.0 Å². The number of benzene rings is 3. The molecule has 3 unspecified atom stereocenters. The van der Waals surface area contributed by atoms with Crippen LogP contribution in [0, 0.1) is 5.92 Å². The smallest absolute Gasteiger partial charge is 0.231 e. The van der Waals surface area contributed by atoms with Crippen LogP contribution >= 0.6 is 0 Å². The van der Waals surface area contributed by atoms with Gasteiger partial charge >= 0.3 is 0 Å². The number of amides is 2. The number of carbonyl (C=O) groups is 2. The molecule has 1 fully saturated rings. The van der Waals surface area contributed by atoms with E-state index in [0.717, 1.165) is 50.8 Å². The standard InChI is InChI=1S/C35H45N3O3/c36-34(40)24-22-32(20-10-16-28-12-4-1-5-13-28)38(31-18-8-3-9-19-31)35(41)30-17-11-25-37(26-30)27-33(39)23-21-29-14-6-2-7-15-29/h1-9,12-15,18-19,30,32-33,39H,10-11,16-17,20-27H2,(H2,36,40). The number of likely N-dealkylation sites (tertiary alicyclic amines) is 1. The molecule has 1 aliphatic rings. The van der Waals surface area contributed by atoms with Gasteiger partial charge in [-0.25, -0.2) is 0 Å². The SMILES string of the molecule is NC(=O)CCC(CCCc1ccccc1)N(C(=O)C1CCCN(CC(O)CCc2ccccc2)C1)c1ccccc1. The number of carbonyl (C=O) groups excluding carboxylic acids is 2. The largest absolute Gasteiger partial charge is 0.392 e. The summed E-state index contributed by atoms with van der Waals surface area (Å²) in [7, 11) is 0. The van der Waals surface area contributed by atoms with E-state index in [4.69, 9.17) is 5.73 Å². The molecule has 0 radical (unpaired) electrons. The average molecular weight is 556 g/mol. The van der Waals surface area contributed by atoms with Gasteiger partial charge in [-0.2, -0.15) is 0 Å². The molecule has 2 amide bonds. The van der Waals surface area contributed by atoms with E-state index in [9.17, 15) is 14.7 Å². The van der Waals surface area contributed by atoms with Gasteiger partial charge in [-0.15, -0.1) is 0 Å². The Balaban J connectivity index is 1.44. The molecule has 6 heteroatoms. The number of aryl methyl sites for hydroxylation is 2. The first-order valence-electron chi connectivity index (χ1n) is 15.1. The van der Waals surface area contributed by atoms with Crippen molar-refractivity contribution >= 4 is 17.5 Å². The van der Waals surface area contributed by atoms with E-state index in [1.165, 1.54) is 11.1 Å². The number of hydrogen-bond acceptors (Lipinski definition) is 4. The monoisotopic (exact) mass is 555 g/mol. The molecule has 6 nitrogen and oxygen atoms in total. The molecule has 1 aliphatic heterocycles. The van der Waals surface area contributed by atoms with Gasteiger partial charge in [0, 0.05) is 31.2 Å². The van der Waals surface area contributed by atoms with E-state index >= 15 is 0 Å². The van der Waals surface area contributed by atoms with E-state index in [-0.39, 0.29) is 30.2 Å². The maximum Gasteiger partial charge on any atom is 0.231 e. The van der Waals surface area contributed by atoms with Crippen molar-refractivity contribution in [3.63, 3.8) is 0 Å². The first-order valence-corrected chi connectivity index (χ1v) is 15.1. The van der Waals surface area contributed by atoms with Gasteiger partial charge in [0.25, 0.3) is 0 Å². The number of rotatable bonds is 15. The van der Waals surface area contributed by atoms with Crippen LogP contribution in [0.1, 0.15) is 56.1 Å². The highest BCUT2D eigenvalue weighted by atomic mass is 16.3. The lowest BCUT2D eigenvalue weighted by Gasteiger charge is -2.39. The summed E-state index contributed by atoms with van der Waals surface area (Å²) in [5, 5.41) is 10.8. The molecule has 3 aromatic rings. The zero-order valence-electron chi connectivity index (χ0n) is 24.1. The van der Waals surface area contributed by atoms with Gasteiger partial charge in [0.2, 0.25) is 11.8 Å². The van der Waals surface area contributed by atoms with Crippen molar-refractivity contribution in [1.29, 1.82) is 0 Å². The Morgan fingerprint density at radius 3 is 2.10 bits per heavy atom. The van der Waals surface area contributed by atoms with Crippen LogP contribution in [0.15, 0.2) is 91.0 Å². The molecule has 1 saturated heterocycles. The Hall–Kier alpha value is -3.48. The summed E-state index contributed by atoms with van der Waals surface area (Å²) in [6.45, 7) is 2.10. The maximum atomic E-state index is 14.3. The number of piperidine rings is 1. The van der Waals surface area contributed by atoms with Crippen LogP contribution in [0.25, 0.3) is 0 Å². The molecule has 0 spiro atoms. The first kappa shape index (κ1) is 30.5. The van der Waals surface area contributed by atoms with Crippen LogP contribution in [0.5, 0.6) is 0 Å². The summed E-state index contributed by atoms with van der Waals surface area (Å²) in [6.07, 6.45) is 6.26. The number of aliphatic hydroxyl groups excluding tert-OH is 1. The number of nitrogens with zero attached hydrogens (tertiary/aromatic N) is 2. The second-order valence-electron chi connectivity index (χ2n) is 11.4. The van der Waals surface area contributed by atoms with Crippen molar-refractivity contribution < 1.29 is 14.7 Å². The van der Waals surface area contributed by atoms with Crippen LogP contribution in [0.3, 0.4) is 0 Å². The highest BCUT2D eigenvalue weighted by molar-refractivity contribution is 5.96. The molecule has 3 aromatic carbocycles. The predicted octanol–water partition coefficient (Wildman–Crippen LogP) is 5.38. The van der Waals surface area contributed by atoms with Crippen LogP contribution in [-0.2, 0) is 22.4 Å². The fourth-order valence-electron chi connectivity index (χ4n) is 5.99. The van der Waals surface area contributed by atoms with E-state index in [0.29, 0.717) is 25.9 Å². The van der Waals surface area contributed by atoms with Crippen LogP contribution < -0.4 is 10.6 Å². The fraction of sp³-hybridized carbons (Fsp3) is 0.429. The van der Waals surface area contributed by atoms with E-state index in [1.54, 1.807) is 0 Å². The minimum atomic E-state index is -0.435. The molecule has 0 aliphatic carbocycles. The van der Waals surface area contributed by atoms with Crippen LogP contribution in [0.2, 0.25) is 0 Å². The summed E-state index contributed by atoms with van der Waals surface area (Å²) < 4.78 is 0. The van der Waals surface area contributed by atoms with Gasteiger partial charge in [0.15, 0.2) is 0 Å². The molecule has 0 aromatic heterocycles. The average Bonchev–Trinajstić information content (AvgIpc) is 3.00.